The van der Waals surface area contributed by atoms with E-state index in [9.17, 15) is 4.79 Å². The van der Waals surface area contributed by atoms with E-state index < -0.39 is 0 Å². The van der Waals surface area contributed by atoms with Gasteiger partial charge in [-0.3, -0.25) is 4.79 Å². The summed E-state index contributed by atoms with van der Waals surface area (Å²) in [5.74, 6) is 0.510. The Hall–Kier alpha value is -2.11. The smallest absolute Gasteiger partial charge is 0.273 e. The summed E-state index contributed by atoms with van der Waals surface area (Å²) < 4.78 is 7.16. The van der Waals surface area contributed by atoms with E-state index >= 15 is 0 Å². The minimum Gasteiger partial charge on any atom is -0.360 e. The van der Waals surface area contributed by atoms with Crippen LogP contribution in [-0.2, 0) is 12.0 Å². The van der Waals surface area contributed by atoms with E-state index in [2.05, 4.69) is 15.5 Å². The van der Waals surface area contributed by atoms with E-state index in [1.807, 2.05) is 31.5 Å². The zero-order valence-electron chi connectivity index (χ0n) is 12.1. The topological polar surface area (TPSA) is 73.0 Å². The summed E-state index contributed by atoms with van der Waals surface area (Å²) in [6.07, 6.45) is 6.23. The molecule has 0 radical (unpaired) electrons. The molecule has 2 aromatic heterocycles. The summed E-state index contributed by atoms with van der Waals surface area (Å²) >= 11 is 0. The zero-order valence-corrected chi connectivity index (χ0v) is 12.1. The van der Waals surface area contributed by atoms with Gasteiger partial charge < -0.3 is 14.4 Å². The minimum atomic E-state index is -0.199. The molecule has 0 saturated heterocycles. The van der Waals surface area contributed by atoms with Crippen LogP contribution in [0.2, 0.25) is 0 Å². The molecule has 2 rings (SSSR count). The van der Waals surface area contributed by atoms with Gasteiger partial charge in [0.1, 0.15) is 5.76 Å². The fraction of sp³-hybridized carbons (Fsp3) is 0.500. The SMILES string of the molecule is CC(C)(C)c1cc(C(=O)NCCCn2ccnc2)no1. The maximum atomic E-state index is 11.9. The van der Waals surface area contributed by atoms with Crippen LogP contribution in [0.25, 0.3) is 0 Å². The number of aromatic nitrogens is 3. The molecule has 0 aliphatic rings. The van der Waals surface area contributed by atoms with E-state index in [1.54, 1.807) is 18.6 Å². The molecule has 0 saturated carbocycles. The van der Waals surface area contributed by atoms with Gasteiger partial charge in [-0.1, -0.05) is 25.9 Å². The summed E-state index contributed by atoms with van der Waals surface area (Å²) in [5.41, 5.74) is 0.185. The molecule has 20 heavy (non-hydrogen) atoms. The molecule has 0 aromatic carbocycles. The predicted molar refractivity (Wildman–Crippen MR) is 74.4 cm³/mol. The molecule has 1 N–H and O–H groups in total. The van der Waals surface area contributed by atoms with E-state index in [1.165, 1.54) is 0 Å². The molecule has 0 fully saturated rings. The van der Waals surface area contributed by atoms with Crippen molar-refractivity contribution in [2.45, 2.75) is 39.2 Å². The lowest BCUT2D eigenvalue weighted by molar-refractivity contribution is 0.0943. The highest BCUT2D eigenvalue weighted by atomic mass is 16.5. The van der Waals surface area contributed by atoms with E-state index in [0.717, 1.165) is 13.0 Å². The third-order valence-electron chi connectivity index (χ3n) is 2.92. The second-order valence-corrected chi connectivity index (χ2v) is 5.74. The predicted octanol–water partition coefficient (Wildman–Crippen LogP) is 1.99. The number of carbonyl (C=O) groups is 1. The number of nitrogens with zero attached hydrogens (tertiary/aromatic N) is 3. The minimum absolute atomic E-state index is 0.146. The van der Waals surface area contributed by atoms with E-state index in [0.29, 0.717) is 18.0 Å². The second-order valence-electron chi connectivity index (χ2n) is 5.74. The molecule has 108 valence electrons. The first kappa shape index (κ1) is 14.3. The fourth-order valence-electron chi connectivity index (χ4n) is 1.71. The maximum absolute atomic E-state index is 11.9. The van der Waals surface area contributed by atoms with Gasteiger partial charge in [-0.2, -0.15) is 0 Å². The van der Waals surface area contributed by atoms with Crippen molar-refractivity contribution in [1.82, 2.24) is 20.0 Å². The first-order chi connectivity index (χ1) is 9.47. The molecule has 2 heterocycles. The Morgan fingerprint density at radius 3 is 2.85 bits per heavy atom. The number of aryl methyl sites for hydroxylation is 1. The average Bonchev–Trinajstić information content (AvgIpc) is 3.04. The molecule has 6 heteroatoms. The van der Waals surface area contributed by atoms with Crippen LogP contribution in [0.15, 0.2) is 29.3 Å². The van der Waals surface area contributed by atoms with Crippen molar-refractivity contribution in [3.8, 4) is 0 Å². The molecule has 0 aliphatic carbocycles. The van der Waals surface area contributed by atoms with Gasteiger partial charge in [-0.15, -0.1) is 0 Å². The van der Waals surface area contributed by atoms with Gasteiger partial charge in [0.05, 0.1) is 6.33 Å². The quantitative estimate of drug-likeness (QED) is 0.848. The molecular formula is C14H20N4O2. The normalized spacial score (nSPS) is 11.6. The number of imidazole rings is 1. The molecule has 0 spiro atoms. The highest BCUT2D eigenvalue weighted by Gasteiger charge is 2.21. The average molecular weight is 276 g/mol. The number of hydrogen-bond acceptors (Lipinski definition) is 4. The number of hydrogen-bond donors (Lipinski definition) is 1. The van der Waals surface area contributed by atoms with Crippen molar-refractivity contribution in [1.29, 1.82) is 0 Å². The molecule has 0 unspecified atom stereocenters. The van der Waals surface area contributed by atoms with Gasteiger partial charge in [-0.05, 0) is 6.42 Å². The van der Waals surface area contributed by atoms with E-state index in [4.69, 9.17) is 4.52 Å². The van der Waals surface area contributed by atoms with Crippen LogP contribution in [0, 0.1) is 0 Å². The van der Waals surface area contributed by atoms with Gasteiger partial charge >= 0.3 is 0 Å². The van der Waals surface area contributed by atoms with Crippen LogP contribution in [-0.4, -0.2) is 27.2 Å². The second kappa shape index (κ2) is 5.90. The van der Waals surface area contributed by atoms with Crippen LogP contribution >= 0.6 is 0 Å². The molecule has 1 amide bonds. The summed E-state index contributed by atoms with van der Waals surface area (Å²) in [7, 11) is 0. The van der Waals surface area contributed by atoms with Gasteiger partial charge in [-0.25, -0.2) is 4.98 Å². The Morgan fingerprint density at radius 1 is 1.45 bits per heavy atom. The van der Waals surface area contributed by atoms with Crippen molar-refractivity contribution in [3.63, 3.8) is 0 Å². The van der Waals surface area contributed by atoms with Crippen molar-refractivity contribution >= 4 is 5.91 Å². The monoisotopic (exact) mass is 276 g/mol. The van der Waals surface area contributed by atoms with Crippen molar-refractivity contribution in [3.05, 3.63) is 36.2 Å². The van der Waals surface area contributed by atoms with Gasteiger partial charge in [0, 0.05) is 37.0 Å². The number of nitrogens with one attached hydrogen (secondary N) is 1. The van der Waals surface area contributed by atoms with Gasteiger partial charge in [0.15, 0.2) is 5.69 Å². The van der Waals surface area contributed by atoms with Crippen LogP contribution in [0.5, 0.6) is 0 Å². The Balaban J connectivity index is 1.78. The third kappa shape index (κ3) is 3.69. The van der Waals surface area contributed by atoms with Gasteiger partial charge in [0.25, 0.3) is 5.91 Å². The van der Waals surface area contributed by atoms with Crippen LogP contribution < -0.4 is 5.32 Å². The summed E-state index contributed by atoms with van der Waals surface area (Å²) in [4.78, 5) is 15.9. The van der Waals surface area contributed by atoms with Crippen LogP contribution in [0.1, 0.15) is 43.4 Å². The summed E-state index contributed by atoms with van der Waals surface area (Å²) in [5, 5.41) is 6.64. The molecule has 0 bridgehead atoms. The zero-order chi connectivity index (χ0) is 14.6. The first-order valence-electron chi connectivity index (χ1n) is 6.68. The summed E-state index contributed by atoms with van der Waals surface area (Å²) in [6.45, 7) is 7.46. The Morgan fingerprint density at radius 2 is 2.25 bits per heavy atom. The number of rotatable bonds is 5. The van der Waals surface area contributed by atoms with Crippen molar-refractivity contribution in [2.24, 2.45) is 0 Å². The van der Waals surface area contributed by atoms with Crippen LogP contribution in [0.3, 0.4) is 0 Å². The fourth-order valence-corrected chi connectivity index (χ4v) is 1.71. The lowest BCUT2D eigenvalue weighted by Crippen LogP contribution is -2.25. The Labute approximate surface area is 118 Å². The standard InChI is InChI=1S/C14H20N4O2/c1-14(2,3)12-9-11(17-20-12)13(19)16-5-4-7-18-8-6-15-10-18/h6,8-10H,4-5,7H2,1-3H3,(H,16,19). The largest absolute Gasteiger partial charge is 0.360 e. The summed E-state index contributed by atoms with van der Waals surface area (Å²) in [6, 6.07) is 1.70. The number of amides is 1. The third-order valence-corrected chi connectivity index (χ3v) is 2.92. The lowest BCUT2D eigenvalue weighted by Gasteiger charge is -2.12. The molecule has 6 nitrogen and oxygen atoms in total. The highest BCUT2D eigenvalue weighted by molar-refractivity contribution is 5.92. The maximum Gasteiger partial charge on any atom is 0.273 e. The molecule has 0 atom stereocenters. The van der Waals surface area contributed by atoms with Gasteiger partial charge in [0.2, 0.25) is 0 Å². The van der Waals surface area contributed by atoms with E-state index in [-0.39, 0.29) is 11.3 Å². The molecule has 2 aromatic rings. The molecular weight excluding hydrogens is 256 g/mol. The Kier molecular flexibility index (Phi) is 4.22. The van der Waals surface area contributed by atoms with Crippen LogP contribution in [0.4, 0.5) is 0 Å². The van der Waals surface area contributed by atoms with Crippen molar-refractivity contribution in [2.75, 3.05) is 6.54 Å². The molecule has 0 aliphatic heterocycles. The Bertz CT molecular complexity index is 552. The highest BCUT2D eigenvalue weighted by Crippen LogP contribution is 2.22. The van der Waals surface area contributed by atoms with Crippen molar-refractivity contribution < 1.29 is 9.32 Å². The number of carbonyl (C=O) groups excluding carboxylic acids is 1. The first-order valence-corrected chi connectivity index (χ1v) is 6.68. The lowest BCUT2D eigenvalue weighted by atomic mass is 9.93.